The summed E-state index contributed by atoms with van der Waals surface area (Å²) in [5.74, 6) is -0.165. The zero-order valence-electron chi connectivity index (χ0n) is 13.1. The number of hydrogen-bond donors (Lipinski definition) is 1. The monoisotopic (exact) mass is 355 g/mol. The molecule has 1 heterocycles. The Morgan fingerprint density at radius 2 is 1.79 bits per heavy atom. The van der Waals surface area contributed by atoms with Crippen molar-refractivity contribution in [3.63, 3.8) is 0 Å². The molecule has 3 rings (SSSR count). The Bertz CT molecular complexity index is 750. The summed E-state index contributed by atoms with van der Waals surface area (Å²) in [5, 5.41) is 8.79. The van der Waals surface area contributed by atoms with E-state index in [2.05, 4.69) is 21.2 Å². The standard InChI is InChI=1S/C18H17N3OS2/c19-13-14-6-8-15(9-7-14)18(22)20-23-16-4-3-5-17(12-16)24-21-10-1-2-11-21/h3-9,12H,1-2,10-11H2,(H,20,22). The Labute approximate surface area is 150 Å². The van der Waals surface area contributed by atoms with E-state index in [4.69, 9.17) is 5.26 Å². The average molecular weight is 355 g/mol. The number of nitrogens with zero attached hydrogens (tertiary/aromatic N) is 2. The first-order valence-corrected chi connectivity index (χ1v) is 9.34. The van der Waals surface area contributed by atoms with Crippen LogP contribution in [-0.4, -0.2) is 23.3 Å². The van der Waals surface area contributed by atoms with Crippen molar-refractivity contribution >= 4 is 29.8 Å². The molecule has 1 aliphatic heterocycles. The summed E-state index contributed by atoms with van der Waals surface area (Å²) in [6, 6.07) is 16.8. The van der Waals surface area contributed by atoms with Gasteiger partial charge in [-0.25, -0.2) is 4.31 Å². The number of hydrogen-bond acceptors (Lipinski definition) is 5. The van der Waals surface area contributed by atoms with Gasteiger partial charge in [-0.15, -0.1) is 0 Å². The molecule has 1 amide bonds. The van der Waals surface area contributed by atoms with E-state index in [1.165, 1.54) is 29.7 Å². The number of amides is 1. The normalized spacial score (nSPS) is 14.3. The Morgan fingerprint density at radius 1 is 1.08 bits per heavy atom. The fraction of sp³-hybridized carbons (Fsp3) is 0.222. The van der Waals surface area contributed by atoms with E-state index in [-0.39, 0.29) is 5.91 Å². The van der Waals surface area contributed by atoms with Gasteiger partial charge in [0, 0.05) is 28.4 Å². The fourth-order valence-corrected chi connectivity index (χ4v) is 4.18. The molecule has 1 fully saturated rings. The SMILES string of the molecule is N#Cc1ccc(C(=O)NSc2cccc(SN3CCCC3)c2)cc1. The zero-order chi connectivity index (χ0) is 16.8. The molecule has 0 aromatic heterocycles. The van der Waals surface area contributed by atoms with Gasteiger partial charge in [-0.05, 0) is 79.2 Å². The predicted molar refractivity (Wildman–Crippen MR) is 97.6 cm³/mol. The lowest BCUT2D eigenvalue weighted by Crippen LogP contribution is -2.15. The lowest BCUT2D eigenvalue weighted by Gasteiger charge is -2.13. The van der Waals surface area contributed by atoms with Gasteiger partial charge >= 0.3 is 0 Å². The minimum absolute atomic E-state index is 0.165. The molecule has 0 atom stereocenters. The Hall–Kier alpha value is -1.94. The van der Waals surface area contributed by atoms with Crippen molar-refractivity contribution in [2.45, 2.75) is 22.6 Å². The number of carbonyl (C=O) groups excluding carboxylic acids is 1. The predicted octanol–water partition coefficient (Wildman–Crippen LogP) is 4.10. The van der Waals surface area contributed by atoms with Crippen LogP contribution in [-0.2, 0) is 0 Å². The van der Waals surface area contributed by atoms with Crippen LogP contribution in [0, 0.1) is 11.3 Å². The highest BCUT2D eigenvalue weighted by Gasteiger charge is 2.13. The second kappa shape index (κ2) is 8.25. The maximum Gasteiger partial charge on any atom is 0.261 e. The first kappa shape index (κ1) is 16.9. The molecule has 0 saturated carbocycles. The van der Waals surface area contributed by atoms with Crippen LogP contribution in [0.3, 0.4) is 0 Å². The molecule has 1 aliphatic rings. The number of nitrogens with one attached hydrogen (secondary N) is 1. The molecule has 0 aliphatic carbocycles. The smallest absolute Gasteiger partial charge is 0.261 e. The van der Waals surface area contributed by atoms with E-state index in [9.17, 15) is 4.79 Å². The van der Waals surface area contributed by atoms with Gasteiger partial charge in [0.05, 0.1) is 11.6 Å². The van der Waals surface area contributed by atoms with Crippen LogP contribution in [0.25, 0.3) is 0 Å². The molecular formula is C18H17N3OS2. The van der Waals surface area contributed by atoms with Crippen LogP contribution >= 0.6 is 23.9 Å². The fourth-order valence-electron chi connectivity index (χ4n) is 2.38. The van der Waals surface area contributed by atoms with Crippen molar-refractivity contribution in [2.24, 2.45) is 0 Å². The summed E-state index contributed by atoms with van der Waals surface area (Å²) in [4.78, 5) is 14.3. The first-order valence-electron chi connectivity index (χ1n) is 7.75. The molecule has 122 valence electrons. The Balaban J connectivity index is 1.57. The minimum atomic E-state index is -0.165. The van der Waals surface area contributed by atoms with Gasteiger partial charge in [0.25, 0.3) is 5.91 Å². The minimum Gasteiger partial charge on any atom is -0.292 e. The van der Waals surface area contributed by atoms with E-state index in [1.807, 2.05) is 18.2 Å². The molecule has 24 heavy (non-hydrogen) atoms. The lowest BCUT2D eigenvalue weighted by atomic mass is 10.1. The second-order valence-corrected chi connectivity index (χ2v) is 7.47. The Morgan fingerprint density at radius 3 is 2.50 bits per heavy atom. The van der Waals surface area contributed by atoms with Gasteiger partial charge in [0.1, 0.15) is 0 Å². The van der Waals surface area contributed by atoms with Crippen molar-refractivity contribution < 1.29 is 4.79 Å². The third-order valence-electron chi connectivity index (χ3n) is 3.64. The van der Waals surface area contributed by atoms with Crippen molar-refractivity contribution in [1.82, 2.24) is 9.03 Å². The maximum absolute atomic E-state index is 12.2. The third-order valence-corrected chi connectivity index (χ3v) is 5.51. The molecule has 6 heteroatoms. The Kier molecular flexibility index (Phi) is 5.81. The second-order valence-electron chi connectivity index (χ2n) is 5.42. The molecule has 1 saturated heterocycles. The highest BCUT2D eigenvalue weighted by Crippen LogP contribution is 2.29. The van der Waals surface area contributed by atoms with E-state index in [0.717, 1.165) is 18.0 Å². The van der Waals surface area contributed by atoms with Gasteiger partial charge in [0.2, 0.25) is 0 Å². The van der Waals surface area contributed by atoms with Gasteiger partial charge in [-0.3, -0.25) is 9.52 Å². The highest BCUT2D eigenvalue weighted by molar-refractivity contribution is 7.98. The summed E-state index contributed by atoms with van der Waals surface area (Å²) < 4.78 is 5.22. The molecular weight excluding hydrogens is 338 g/mol. The summed E-state index contributed by atoms with van der Waals surface area (Å²) in [5.41, 5.74) is 1.09. The van der Waals surface area contributed by atoms with Crippen LogP contribution < -0.4 is 4.72 Å². The van der Waals surface area contributed by atoms with Gasteiger partial charge < -0.3 is 0 Å². The van der Waals surface area contributed by atoms with E-state index in [1.54, 1.807) is 36.2 Å². The van der Waals surface area contributed by atoms with Crippen LogP contribution in [0.5, 0.6) is 0 Å². The van der Waals surface area contributed by atoms with Gasteiger partial charge in [-0.2, -0.15) is 5.26 Å². The summed E-state index contributed by atoms with van der Waals surface area (Å²) in [7, 11) is 0. The third kappa shape index (κ3) is 4.54. The lowest BCUT2D eigenvalue weighted by molar-refractivity contribution is 0.0984. The largest absolute Gasteiger partial charge is 0.292 e. The van der Waals surface area contributed by atoms with Crippen LogP contribution in [0.2, 0.25) is 0 Å². The summed E-state index contributed by atoms with van der Waals surface area (Å²) >= 11 is 3.09. The number of carbonyl (C=O) groups is 1. The van der Waals surface area contributed by atoms with E-state index >= 15 is 0 Å². The summed E-state index contributed by atoms with van der Waals surface area (Å²) in [6.07, 6.45) is 2.53. The molecule has 0 spiro atoms. The van der Waals surface area contributed by atoms with Crippen molar-refractivity contribution in [3.8, 4) is 6.07 Å². The molecule has 2 aromatic carbocycles. The molecule has 1 N–H and O–H groups in total. The van der Waals surface area contributed by atoms with Gasteiger partial charge in [-0.1, -0.05) is 6.07 Å². The van der Waals surface area contributed by atoms with Crippen molar-refractivity contribution in [1.29, 1.82) is 5.26 Å². The maximum atomic E-state index is 12.2. The summed E-state index contributed by atoms with van der Waals surface area (Å²) in [6.45, 7) is 2.27. The molecule has 2 aromatic rings. The van der Waals surface area contributed by atoms with Crippen LogP contribution in [0.1, 0.15) is 28.8 Å². The topological polar surface area (TPSA) is 56.1 Å². The average Bonchev–Trinajstić information content (AvgIpc) is 3.13. The quantitative estimate of drug-likeness (QED) is 0.819. The van der Waals surface area contributed by atoms with E-state index in [0.29, 0.717) is 11.1 Å². The number of nitriles is 1. The van der Waals surface area contributed by atoms with Crippen LogP contribution in [0.4, 0.5) is 0 Å². The molecule has 0 unspecified atom stereocenters. The molecule has 0 bridgehead atoms. The van der Waals surface area contributed by atoms with Crippen LogP contribution in [0.15, 0.2) is 58.3 Å². The number of benzene rings is 2. The van der Waals surface area contributed by atoms with Crippen molar-refractivity contribution in [3.05, 3.63) is 59.7 Å². The zero-order valence-corrected chi connectivity index (χ0v) is 14.7. The molecule has 0 radical (unpaired) electrons. The number of rotatable bonds is 5. The highest BCUT2D eigenvalue weighted by atomic mass is 32.2. The van der Waals surface area contributed by atoms with Crippen molar-refractivity contribution in [2.75, 3.05) is 13.1 Å². The molecule has 4 nitrogen and oxygen atoms in total. The van der Waals surface area contributed by atoms with Gasteiger partial charge in [0.15, 0.2) is 0 Å². The first-order chi connectivity index (χ1) is 11.7. The van der Waals surface area contributed by atoms with E-state index < -0.39 is 0 Å².